The number of hydrogen-bond donors (Lipinski definition) is 2. The summed E-state index contributed by atoms with van der Waals surface area (Å²) in [6.45, 7) is 3.63. The normalized spacial score (nSPS) is 18.5. The zero-order valence-corrected chi connectivity index (χ0v) is 10.6. The van der Waals surface area contributed by atoms with Gasteiger partial charge in [-0.1, -0.05) is 12.2 Å². The highest BCUT2D eigenvalue weighted by molar-refractivity contribution is 7.80. The molecule has 1 heterocycles. The van der Waals surface area contributed by atoms with Crippen molar-refractivity contribution < 1.29 is 9.21 Å². The number of carbonyl (C=O) groups is 1. The van der Waals surface area contributed by atoms with Crippen LogP contribution in [0.5, 0.6) is 0 Å². The molecule has 0 bridgehead atoms. The van der Waals surface area contributed by atoms with E-state index >= 15 is 0 Å². The summed E-state index contributed by atoms with van der Waals surface area (Å²) in [4.78, 5) is 16.4. The third-order valence-electron chi connectivity index (χ3n) is 3.01. The first-order valence-corrected chi connectivity index (χ1v) is 5.90. The van der Waals surface area contributed by atoms with Gasteiger partial charge in [-0.2, -0.15) is 0 Å². The van der Waals surface area contributed by atoms with Crippen LogP contribution >= 0.6 is 12.2 Å². The number of rotatable bonds is 4. The molecule has 1 fully saturated rings. The van der Waals surface area contributed by atoms with Crippen molar-refractivity contribution in [1.82, 2.24) is 10.3 Å². The molecule has 1 aliphatic carbocycles. The molecule has 1 aromatic heterocycles. The quantitative estimate of drug-likeness (QED) is 0.789. The maximum atomic E-state index is 12.0. The Morgan fingerprint density at radius 1 is 1.71 bits per heavy atom. The second-order valence-corrected chi connectivity index (χ2v) is 4.89. The predicted molar refractivity (Wildman–Crippen MR) is 66.3 cm³/mol. The standard InChI is InChI=1S/C11H15N3O2S/c1-6-5-13-8(16-6)7(2)14-10(15)11(3-4-11)9(12)17/h5,7H,3-4H2,1-2H3,(H2,12,17)(H,14,15). The molecule has 3 N–H and O–H groups in total. The zero-order chi connectivity index (χ0) is 12.6. The van der Waals surface area contributed by atoms with Crippen molar-refractivity contribution in [2.24, 2.45) is 11.1 Å². The van der Waals surface area contributed by atoms with Crippen LogP contribution in [0.3, 0.4) is 0 Å². The van der Waals surface area contributed by atoms with Gasteiger partial charge in [-0.05, 0) is 26.7 Å². The van der Waals surface area contributed by atoms with Crippen molar-refractivity contribution >= 4 is 23.1 Å². The molecule has 17 heavy (non-hydrogen) atoms. The van der Waals surface area contributed by atoms with Gasteiger partial charge >= 0.3 is 0 Å². The molecule has 2 rings (SSSR count). The van der Waals surface area contributed by atoms with Gasteiger partial charge in [0, 0.05) is 0 Å². The first kappa shape index (κ1) is 12.0. The lowest BCUT2D eigenvalue weighted by Gasteiger charge is -2.16. The van der Waals surface area contributed by atoms with Crippen LogP contribution in [0.4, 0.5) is 0 Å². The van der Waals surface area contributed by atoms with Crippen LogP contribution in [0.1, 0.15) is 37.5 Å². The number of nitrogens with one attached hydrogen (secondary N) is 1. The fourth-order valence-electron chi connectivity index (χ4n) is 1.68. The Bertz CT molecular complexity index is 465. The smallest absolute Gasteiger partial charge is 0.233 e. The van der Waals surface area contributed by atoms with Gasteiger partial charge in [0.1, 0.15) is 11.8 Å². The molecular formula is C11H15N3O2S. The third kappa shape index (κ3) is 2.17. The number of nitrogens with two attached hydrogens (primary N) is 1. The lowest BCUT2D eigenvalue weighted by Crippen LogP contribution is -2.40. The van der Waals surface area contributed by atoms with E-state index in [0.29, 0.717) is 5.89 Å². The average Bonchev–Trinajstić information content (AvgIpc) is 2.96. The Kier molecular flexibility index (Phi) is 2.91. The van der Waals surface area contributed by atoms with Gasteiger partial charge in [-0.25, -0.2) is 4.98 Å². The minimum atomic E-state index is -0.634. The third-order valence-corrected chi connectivity index (χ3v) is 3.40. The Morgan fingerprint density at radius 2 is 2.35 bits per heavy atom. The van der Waals surface area contributed by atoms with E-state index in [9.17, 15) is 4.79 Å². The molecule has 92 valence electrons. The first-order chi connectivity index (χ1) is 7.95. The van der Waals surface area contributed by atoms with Crippen LogP contribution in [0, 0.1) is 12.3 Å². The van der Waals surface area contributed by atoms with Crippen molar-refractivity contribution in [1.29, 1.82) is 0 Å². The largest absolute Gasteiger partial charge is 0.444 e. The maximum absolute atomic E-state index is 12.0. The molecule has 1 aromatic rings. The summed E-state index contributed by atoms with van der Waals surface area (Å²) in [5.74, 6) is 1.08. The van der Waals surface area contributed by atoms with Gasteiger partial charge in [0.05, 0.1) is 16.6 Å². The number of nitrogens with zero attached hydrogens (tertiary/aromatic N) is 1. The Morgan fingerprint density at radius 3 is 2.76 bits per heavy atom. The van der Waals surface area contributed by atoms with Crippen LogP contribution in [-0.2, 0) is 4.79 Å². The van der Waals surface area contributed by atoms with E-state index in [-0.39, 0.29) is 16.9 Å². The van der Waals surface area contributed by atoms with Gasteiger partial charge in [-0.15, -0.1) is 0 Å². The van der Waals surface area contributed by atoms with Crippen LogP contribution in [0.15, 0.2) is 10.6 Å². The van der Waals surface area contributed by atoms with E-state index in [1.165, 1.54) is 0 Å². The van der Waals surface area contributed by atoms with E-state index in [1.807, 2.05) is 13.8 Å². The van der Waals surface area contributed by atoms with Crippen LogP contribution in [0.2, 0.25) is 0 Å². The lowest BCUT2D eigenvalue weighted by atomic mass is 10.1. The van der Waals surface area contributed by atoms with E-state index in [2.05, 4.69) is 10.3 Å². The highest BCUT2D eigenvalue weighted by atomic mass is 32.1. The summed E-state index contributed by atoms with van der Waals surface area (Å²) < 4.78 is 5.35. The molecular weight excluding hydrogens is 238 g/mol. The van der Waals surface area contributed by atoms with Crippen molar-refractivity contribution in [3.8, 4) is 0 Å². The topological polar surface area (TPSA) is 81.2 Å². The molecule has 1 atom stereocenters. The Labute approximate surface area is 105 Å². The molecule has 1 unspecified atom stereocenters. The fourth-order valence-corrected chi connectivity index (χ4v) is 1.98. The molecule has 0 aromatic carbocycles. The summed E-state index contributed by atoms with van der Waals surface area (Å²) in [5, 5.41) is 2.83. The van der Waals surface area contributed by atoms with Crippen molar-refractivity contribution in [3.05, 3.63) is 17.8 Å². The van der Waals surface area contributed by atoms with E-state index in [4.69, 9.17) is 22.4 Å². The van der Waals surface area contributed by atoms with Gasteiger partial charge in [-0.3, -0.25) is 4.79 Å². The minimum Gasteiger partial charge on any atom is -0.444 e. The molecule has 6 heteroatoms. The number of hydrogen-bond acceptors (Lipinski definition) is 4. The predicted octanol–water partition coefficient (Wildman–Crippen LogP) is 1.23. The highest BCUT2D eigenvalue weighted by Crippen LogP contribution is 2.46. The van der Waals surface area contributed by atoms with Crippen molar-refractivity contribution in [2.45, 2.75) is 32.7 Å². The molecule has 0 radical (unpaired) electrons. The molecule has 1 aliphatic rings. The highest BCUT2D eigenvalue weighted by Gasteiger charge is 2.53. The SMILES string of the molecule is Cc1cnc(C(C)NC(=O)C2(C(N)=S)CC2)o1. The molecule has 0 spiro atoms. The van der Waals surface area contributed by atoms with Crippen LogP contribution < -0.4 is 11.1 Å². The Hall–Kier alpha value is -1.43. The number of thiocarbonyl (C=S) groups is 1. The summed E-state index contributed by atoms with van der Waals surface area (Å²) in [6, 6.07) is -0.275. The fraction of sp³-hybridized carbons (Fsp3) is 0.545. The van der Waals surface area contributed by atoms with Gasteiger partial charge in [0.25, 0.3) is 0 Å². The molecule has 1 amide bonds. The van der Waals surface area contributed by atoms with Gasteiger partial charge in [0.2, 0.25) is 11.8 Å². The Balaban J connectivity index is 2.02. The van der Waals surface area contributed by atoms with Crippen molar-refractivity contribution in [2.75, 3.05) is 0 Å². The minimum absolute atomic E-state index is 0.131. The average molecular weight is 253 g/mol. The number of aromatic nitrogens is 1. The zero-order valence-electron chi connectivity index (χ0n) is 9.82. The number of aryl methyl sites for hydroxylation is 1. The molecule has 0 saturated heterocycles. The maximum Gasteiger partial charge on any atom is 0.233 e. The molecule has 1 saturated carbocycles. The number of carbonyl (C=O) groups excluding carboxylic acids is 1. The molecule has 0 aliphatic heterocycles. The second kappa shape index (κ2) is 4.10. The van der Waals surface area contributed by atoms with Crippen molar-refractivity contribution in [3.63, 3.8) is 0 Å². The number of amides is 1. The van der Waals surface area contributed by atoms with Crippen LogP contribution in [-0.4, -0.2) is 15.9 Å². The summed E-state index contributed by atoms with van der Waals surface area (Å²) >= 11 is 4.92. The van der Waals surface area contributed by atoms with E-state index in [1.54, 1.807) is 6.20 Å². The van der Waals surface area contributed by atoms with E-state index < -0.39 is 5.41 Å². The number of oxazole rings is 1. The lowest BCUT2D eigenvalue weighted by molar-refractivity contribution is -0.124. The second-order valence-electron chi connectivity index (χ2n) is 4.45. The monoisotopic (exact) mass is 253 g/mol. The van der Waals surface area contributed by atoms with E-state index in [0.717, 1.165) is 18.6 Å². The first-order valence-electron chi connectivity index (χ1n) is 5.49. The van der Waals surface area contributed by atoms with Gasteiger partial charge in [0.15, 0.2) is 0 Å². The summed E-state index contributed by atoms with van der Waals surface area (Å²) in [6.07, 6.45) is 3.08. The summed E-state index contributed by atoms with van der Waals surface area (Å²) in [5.41, 5.74) is 4.95. The van der Waals surface area contributed by atoms with Crippen LogP contribution in [0.25, 0.3) is 0 Å². The van der Waals surface area contributed by atoms with Gasteiger partial charge < -0.3 is 15.5 Å². The summed E-state index contributed by atoms with van der Waals surface area (Å²) in [7, 11) is 0. The molecule has 5 nitrogen and oxygen atoms in total.